The standard InChI is InChI=1S/C23H29N3O4S/c1-30-21-12-19(24)22(31(2,28)29)11-18(21)23(27)25-20-10-17-9-8-16(20)14-26(17)13-15-6-4-3-5-7-15/h3-7,11-12,16-17,20H,8-10,13-14,24H2,1-2H3,(H,25,27). The Labute approximate surface area is 183 Å². The zero-order valence-electron chi connectivity index (χ0n) is 17.9. The minimum Gasteiger partial charge on any atom is -0.496 e. The summed E-state index contributed by atoms with van der Waals surface area (Å²) in [6.07, 6.45) is 4.18. The number of fused-ring (bicyclic) bond motifs is 3. The van der Waals surface area contributed by atoms with Crippen LogP contribution in [0.1, 0.15) is 35.2 Å². The van der Waals surface area contributed by atoms with Crippen LogP contribution in [0.15, 0.2) is 47.4 Å². The number of hydrogen-bond acceptors (Lipinski definition) is 6. The molecule has 7 nitrogen and oxygen atoms in total. The highest BCUT2D eigenvalue weighted by Gasteiger charge is 2.41. The van der Waals surface area contributed by atoms with Crippen molar-refractivity contribution >= 4 is 21.4 Å². The van der Waals surface area contributed by atoms with Gasteiger partial charge in [-0.2, -0.15) is 0 Å². The average molecular weight is 444 g/mol. The first-order valence-corrected chi connectivity index (χ1v) is 12.4. The molecule has 8 heteroatoms. The molecule has 1 saturated carbocycles. The van der Waals surface area contributed by atoms with Crippen LogP contribution in [0, 0.1) is 5.92 Å². The van der Waals surface area contributed by atoms with E-state index in [9.17, 15) is 13.2 Å². The summed E-state index contributed by atoms with van der Waals surface area (Å²) in [4.78, 5) is 15.5. The largest absolute Gasteiger partial charge is 0.496 e. The third kappa shape index (κ3) is 4.55. The number of nitrogens with one attached hydrogen (secondary N) is 1. The van der Waals surface area contributed by atoms with Crippen LogP contribution in [0.3, 0.4) is 0 Å². The number of nitrogens with two attached hydrogens (primary N) is 1. The summed E-state index contributed by atoms with van der Waals surface area (Å²) in [5, 5.41) is 3.14. The summed E-state index contributed by atoms with van der Waals surface area (Å²) in [6, 6.07) is 13.6. The number of nitrogen functional groups attached to an aromatic ring is 1. The number of anilines is 1. The molecule has 5 rings (SSSR count). The van der Waals surface area contributed by atoms with Gasteiger partial charge in [0.1, 0.15) is 5.75 Å². The molecule has 3 atom stereocenters. The maximum atomic E-state index is 13.1. The van der Waals surface area contributed by atoms with Gasteiger partial charge in [-0.25, -0.2) is 8.42 Å². The normalized spacial score (nSPS) is 23.5. The van der Waals surface area contributed by atoms with Crippen molar-refractivity contribution in [2.45, 2.75) is 42.8 Å². The molecule has 0 spiro atoms. The lowest BCUT2D eigenvalue weighted by Gasteiger charge is -2.49. The number of sulfone groups is 1. The van der Waals surface area contributed by atoms with E-state index in [0.29, 0.717) is 12.0 Å². The molecule has 2 aromatic carbocycles. The Morgan fingerprint density at radius 1 is 1.23 bits per heavy atom. The Bertz CT molecular complexity index is 1070. The molecular weight excluding hydrogens is 414 g/mol. The Hall–Kier alpha value is -2.58. The maximum Gasteiger partial charge on any atom is 0.255 e. The lowest BCUT2D eigenvalue weighted by molar-refractivity contribution is 0.0169. The number of carbonyl (C=O) groups is 1. The molecule has 3 aliphatic rings. The Kier molecular flexibility index (Phi) is 5.94. The van der Waals surface area contributed by atoms with Gasteiger partial charge in [-0.05, 0) is 36.8 Å². The lowest BCUT2D eigenvalue weighted by atomic mass is 9.76. The second-order valence-electron chi connectivity index (χ2n) is 8.58. The minimum atomic E-state index is -3.56. The minimum absolute atomic E-state index is 0.0576. The van der Waals surface area contributed by atoms with Crippen molar-refractivity contribution in [3.8, 4) is 5.75 Å². The first-order chi connectivity index (χ1) is 14.8. The number of ether oxygens (including phenoxy) is 1. The molecule has 2 aromatic rings. The summed E-state index contributed by atoms with van der Waals surface area (Å²) >= 11 is 0. The molecule has 3 unspecified atom stereocenters. The van der Waals surface area contributed by atoms with E-state index >= 15 is 0 Å². The summed E-state index contributed by atoms with van der Waals surface area (Å²) < 4.78 is 29.4. The van der Waals surface area contributed by atoms with Gasteiger partial charge >= 0.3 is 0 Å². The molecule has 3 fully saturated rings. The van der Waals surface area contributed by atoms with Crippen LogP contribution in [0.2, 0.25) is 0 Å². The monoisotopic (exact) mass is 443 g/mol. The first-order valence-electron chi connectivity index (χ1n) is 10.5. The van der Waals surface area contributed by atoms with Gasteiger partial charge in [-0.1, -0.05) is 30.3 Å². The van der Waals surface area contributed by atoms with Crippen LogP contribution in [0.25, 0.3) is 0 Å². The van der Waals surface area contributed by atoms with E-state index < -0.39 is 9.84 Å². The highest BCUT2D eigenvalue weighted by atomic mass is 32.2. The number of carbonyl (C=O) groups excluding carboxylic acids is 1. The van der Waals surface area contributed by atoms with Gasteiger partial charge in [0.15, 0.2) is 9.84 Å². The van der Waals surface area contributed by atoms with Crippen molar-refractivity contribution < 1.29 is 17.9 Å². The average Bonchev–Trinajstić information content (AvgIpc) is 2.74. The zero-order valence-corrected chi connectivity index (χ0v) is 18.7. The fraction of sp³-hybridized carbons (Fsp3) is 0.435. The Morgan fingerprint density at radius 2 is 1.97 bits per heavy atom. The maximum absolute atomic E-state index is 13.1. The third-order valence-corrected chi connectivity index (χ3v) is 7.62. The van der Waals surface area contributed by atoms with Crippen LogP contribution >= 0.6 is 0 Å². The highest BCUT2D eigenvalue weighted by Crippen LogP contribution is 2.37. The number of benzene rings is 2. The fourth-order valence-corrected chi connectivity index (χ4v) is 5.71. The fourth-order valence-electron chi connectivity index (χ4n) is 4.89. The molecule has 1 amide bonds. The van der Waals surface area contributed by atoms with Crippen molar-refractivity contribution in [3.63, 3.8) is 0 Å². The second kappa shape index (κ2) is 8.51. The number of hydrogen-bond donors (Lipinski definition) is 2. The predicted molar refractivity (Wildman–Crippen MR) is 120 cm³/mol. The zero-order chi connectivity index (χ0) is 22.2. The molecule has 31 heavy (non-hydrogen) atoms. The van der Waals surface area contributed by atoms with Crippen molar-refractivity contribution in [1.29, 1.82) is 0 Å². The Balaban J connectivity index is 1.49. The molecule has 0 aromatic heterocycles. The van der Waals surface area contributed by atoms with E-state index in [-0.39, 0.29) is 33.8 Å². The van der Waals surface area contributed by atoms with Gasteiger partial charge in [0.25, 0.3) is 5.91 Å². The third-order valence-electron chi connectivity index (χ3n) is 6.47. The van der Waals surface area contributed by atoms with Gasteiger partial charge < -0.3 is 15.8 Å². The van der Waals surface area contributed by atoms with Gasteiger partial charge in [0.05, 0.1) is 23.3 Å². The molecule has 2 saturated heterocycles. The number of amides is 1. The predicted octanol–water partition coefficient (Wildman–Crippen LogP) is 2.46. The molecule has 166 valence electrons. The molecule has 2 bridgehead atoms. The van der Waals surface area contributed by atoms with Crippen molar-refractivity contribution in [2.75, 3.05) is 25.6 Å². The lowest BCUT2D eigenvalue weighted by Crippen LogP contribution is -2.58. The SMILES string of the molecule is COc1cc(N)c(S(C)(=O)=O)cc1C(=O)NC1CC2CCC1CN2Cc1ccccc1. The molecule has 1 aliphatic carbocycles. The van der Waals surface area contributed by atoms with Gasteiger partial charge in [0.2, 0.25) is 0 Å². The number of methoxy groups -OCH3 is 1. The van der Waals surface area contributed by atoms with Crippen LogP contribution in [0.5, 0.6) is 5.75 Å². The van der Waals surface area contributed by atoms with Crippen LogP contribution in [-0.2, 0) is 16.4 Å². The molecule has 0 radical (unpaired) electrons. The molecule has 2 aliphatic heterocycles. The van der Waals surface area contributed by atoms with Crippen molar-refractivity contribution in [2.24, 2.45) is 5.92 Å². The summed E-state index contributed by atoms with van der Waals surface area (Å²) in [5.74, 6) is 0.315. The van der Waals surface area contributed by atoms with Gasteiger partial charge in [-0.3, -0.25) is 9.69 Å². The summed E-state index contributed by atoms with van der Waals surface area (Å²) in [7, 11) is -2.12. The van der Waals surface area contributed by atoms with E-state index in [4.69, 9.17) is 10.5 Å². The molecule has 3 N–H and O–H groups in total. The quantitative estimate of drug-likeness (QED) is 0.665. The van der Waals surface area contributed by atoms with Crippen molar-refractivity contribution in [1.82, 2.24) is 10.2 Å². The number of piperidine rings is 2. The van der Waals surface area contributed by atoms with Crippen LogP contribution in [-0.4, -0.2) is 51.2 Å². The Morgan fingerprint density at radius 3 is 2.58 bits per heavy atom. The first kappa shape index (κ1) is 21.6. The second-order valence-corrected chi connectivity index (χ2v) is 10.6. The van der Waals surface area contributed by atoms with Crippen LogP contribution in [0.4, 0.5) is 5.69 Å². The summed E-state index contributed by atoms with van der Waals surface area (Å²) in [5.41, 5.74) is 7.44. The highest BCUT2D eigenvalue weighted by molar-refractivity contribution is 7.90. The van der Waals surface area contributed by atoms with E-state index in [2.05, 4.69) is 34.5 Å². The topological polar surface area (TPSA) is 102 Å². The van der Waals surface area contributed by atoms with E-state index in [1.807, 2.05) is 6.07 Å². The van der Waals surface area contributed by atoms with E-state index in [1.54, 1.807) is 0 Å². The van der Waals surface area contributed by atoms with Crippen molar-refractivity contribution in [3.05, 3.63) is 53.6 Å². The van der Waals surface area contributed by atoms with E-state index in [0.717, 1.165) is 38.6 Å². The smallest absolute Gasteiger partial charge is 0.255 e. The molecular formula is C23H29N3O4S. The van der Waals surface area contributed by atoms with Crippen LogP contribution < -0.4 is 15.8 Å². The molecule has 2 heterocycles. The number of nitrogens with zero attached hydrogens (tertiary/aromatic N) is 1. The number of rotatable bonds is 6. The van der Waals surface area contributed by atoms with Gasteiger partial charge in [0, 0.05) is 37.5 Å². The van der Waals surface area contributed by atoms with Gasteiger partial charge in [-0.15, -0.1) is 0 Å². The van der Waals surface area contributed by atoms with E-state index in [1.165, 1.54) is 24.8 Å². The summed E-state index contributed by atoms with van der Waals surface area (Å²) in [6.45, 7) is 1.87.